The van der Waals surface area contributed by atoms with Gasteiger partial charge in [0, 0.05) is 35.8 Å². The first-order chi connectivity index (χ1) is 13.0. The largest absolute Gasteiger partial charge is 0.370 e. The van der Waals surface area contributed by atoms with Gasteiger partial charge in [-0.3, -0.25) is 4.98 Å². The summed E-state index contributed by atoms with van der Waals surface area (Å²) in [6.07, 6.45) is 6.53. The average molecular weight is 364 g/mol. The third kappa shape index (κ3) is 3.66. The molecular weight excluding hydrogens is 330 g/mol. The van der Waals surface area contributed by atoms with E-state index in [0.717, 1.165) is 37.3 Å². The maximum Gasteiger partial charge on any atom is 0.0750 e. The van der Waals surface area contributed by atoms with Crippen LogP contribution in [0.3, 0.4) is 0 Å². The summed E-state index contributed by atoms with van der Waals surface area (Å²) < 4.78 is 0. The highest BCUT2D eigenvalue weighted by molar-refractivity contribution is 6.01. The second-order valence-electron chi connectivity index (χ2n) is 7.75. The number of allylic oxidation sites excluding steroid dienone is 2. The Hall–Kier alpha value is -2.13. The molecule has 144 valence electrons. The van der Waals surface area contributed by atoms with Gasteiger partial charge in [-0.05, 0) is 37.8 Å². The van der Waals surface area contributed by atoms with Crippen LogP contribution in [0.2, 0.25) is 0 Å². The third-order valence-corrected chi connectivity index (χ3v) is 5.64. The molecule has 0 saturated heterocycles. The Morgan fingerprint density at radius 1 is 1.04 bits per heavy atom. The van der Waals surface area contributed by atoms with Gasteiger partial charge in [0.05, 0.1) is 17.1 Å². The first kappa shape index (κ1) is 19.6. The van der Waals surface area contributed by atoms with Crippen LogP contribution < -0.4 is 10.6 Å². The number of anilines is 1. The fourth-order valence-corrected chi connectivity index (χ4v) is 4.32. The van der Waals surface area contributed by atoms with Crippen LogP contribution in [0.1, 0.15) is 51.9 Å². The molecule has 0 saturated carbocycles. The van der Waals surface area contributed by atoms with Gasteiger partial charge in [-0.25, -0.2) is 0 Å². The van der Waals surface area contributed by atoms with E-state index in [1.165, 1.54) is 27.6 Å². The first-order valence-electron chi connectivity index (χ1n) is 10.3. The minimum atomic E-state index is 0.0425. The fourth-order valence-electron chi connectivity index (χ4n) is 4.32. The summed E-state index contributed by atoms with van der Waals surface area (Å²) in [6, 6.07) is 8.77. The lowest BCUT2D eigenvalue weighted by molar-refractivity contribution is 0.636. The molecule has 1 heterocycles. The predicted molar refractivity (Wildman–Crippen MR) is 118 cm³/mol. The molecule has 3 rings (SSSR count). The summed E-state index contributed by atoms with van der Waals surface area (Å²) in [4.78, 5) is 7.66. The van der Waals surface area contributed by atoms with E-state index in [9.17, 15) is 0 Å². The first-order valence-corrected chi connectivity index (χ1v) is 10.3. The Labute approximate surface area is 164 Å². The number of benzene rings is 1. The molecule has 1 aliphatic carbocycles. The van der Waals surface area contributed by atoms with Gasteiger partial charge in [0.2, 0.25) is 0 Å². The molecule has 2 unspecified atom stereocenters. The molecule has 2 aromatic rings. The molecule has 0 fully saturated rings. The Bertz CT molecular complexity index is 873. The van der Waals surface area contributed by atoms with Crippen molar-refractivity contribution in [2.24, 2.45) is 11.7 Å². The molecule has 0 radical (unpaired) electrons. The summed E-state index contributed by atoms with van der Waals surface area (Å²) in [5.41, 5.74) is 12.4. The van der Waals surface area contributed by atoms with Crippen molar-refractivity contribution in [3.05, 3.63) is 53.4 Å². The quantitative estimate of drug-likeness (QED) is 0.739. The SMILES string of the molecule is CCCN(CCC)c1c(C)nc(C2=C(C)C=CC(N)C2C)c2ccccc12. The Balaban J connectivity index is 2.27. The van der Waals surface area contributed by atoms with Gasteiger partial charge in [-0.15, -0.1) is 0 Å². The summed E-state index contributed by atoms with van der Waals surface area (Å²) >= 11 is 0. The lowest BCUT2D eigenvalue weighted by Gasteiger charge is -2.30. The van der Waals surface area contributed by atoms with Gasteiger partial charge >= 0.3 is 0 Å². The molecule has 1 aliphatic rings. The number of hydrogen-bond donors (Lipinski definition) is 1. The minimum absolute atomic E-state index is 0.0425. The minimum Gasteiger partial charge on any atom is -0.370 e. The van der Waals surface area contributed by atoms with E-state index in [2.05, 4.69) is 75.9 Å². The average Bonchev–Trinajstić information content (AvgIpc) is 2.65. The zero-order valence-corrected chi connectivity index (χ0v) is 17.4. The van der Waals surface area contributed by atoms with Gasteiger partial charge in [0.15, 0.2) is 0 Å². The van der Waals surface area contributed by atoms with Gasteiger partial charge in [0.1, 0.15) is 0 Å². The van der Waals surface area contributed by atoms with Gasteiger partial charge < -0.3 is 10.6 Å². The van der Waals surface area contributed by atoms with Crippen LogP contribution in [-0.2, 0) is 0 Å². The molecule has 2 N–H and O–H groups in total. The number of pyridine rings is 1. The molecule has 1 aromatic heterocycles. The molecule has 0 spiro atoms. The molecule has 3 nitrogen and oxygen atoms in total. The summed E-state index contributed by atoms with van der Waals surface area (Å²) in [7, 11) is 0. The smallest absolute Gasteiger partial charge is 0.0750 e. The maximum atomic E-state index is 6.35. The van der Waals surface area contributed by atoms with Crippen molar-refractivity contribution in [1.29, 1.82) is 0 Å². The number of aryl methyl sites for hydroxylation is 1. The Kier molecular flexibility index (Phi) is 6.01. The van der Waals surface area contributed by atoms with Gasteiger partial charge in [-0.2, -0.15) is 0 Å². The number of aromatic nitrogens is 1. The lowest BCUT2D eigenvalue weighted by Crippen LogP contribution is -2.30. The van der Waals surface area contributed by atoms with Crippen molar-refractivity contribution in [2.75, 3.05) is 18.0 Å². The number of nitrogens with zero attached hydrogens (tertiary/aromatic N) is 2. The topological polar surface area (TPSA) is 42.2 Å². The summed E-state index contributed by atoms with van der Waals surface area (Å²) in [5.74, 6) is 0.263. The molecule has 1 aromatic carbocycles. The normalized spacial score (nSPS) is 19.8. The van der Waals surface area contributed by atoms with Crippen LogP contribution in [-0.4, -0.2) is 24.1 Å². The van der Waals surface area contributed by atoms with E-state index in [4.69, 9.17) is 10.7 Å². The van der Waals surface area contributed by atoms with E-state index in [1.54, 1.807) is 0 Å². The highest BCUT2D eigenvalue weighted by atomic mass is 15.1. The van der Waals surface area contributed by atoms with Crippen LogP contribution in [0.15, 0.2) is 42.0 Å². The van der Waals surface area contributed by atoms with E-state index < -0.39 is 0 Å². The monoisotopic (exact) mass is 363 g/mol. The second kappa shape index (κ2) is 8.26. The standard InChI is InChI=1S/C24H33N3/c1-6-14-27(15-7-2)24-18(5)26-23(19-10-8-9-11-20(19)24)22-16(3)12-13-21(25)17(22)4/h8-13,17,21H,6-7,14-15,25H2,1-5H3. The van der Waals surface area contributed by atoms with E-state index in [1.807, 2.05) is 0 Å². The van der Waals surface area contributed by atoms with Crippen molar-refractivity contribution in [2.45, 2.75) is 53.5 Å². The molecule has 2 atom stereocenters. The van der Waals surface area contributed by atoms with Crippen molar-refractivity contribution >= 4 is 22.0 Å². The summed E-state index contributed by atoms with van der Waals surface area (Å²) in [6.45, 7) is 13.2. The lowest BCUT2D eigenvalue weighted by atomic mass is 9.82. The molecule has 0 bridgehead atoms. The number of fused-ring (bicyclic) bond motifs is 1. The zero-order valence-electron chi connectivity index (χ0n) is 17.4. The van der Waals surface area contributed by atoms with E-state index in [-0.39, 0.29) is 12.0 Å². The molecule has 0 amide bonds. The highest BCUT2D eigenvalue weighted by Gasteiger charge is 2.26. The van der Waals surface area contributed by atoms with Gasteiger partial charge in [-0.1, -0.05) is 57.2 Å². The number of hydrogen-bond acceptors (Lipinski definition) is 3. The van der Waals surface area contributed by atoms with Crippen LogP contribution in [0.25, 0.3) is 16.3 Å². The number of rotatable bonds is 6. The zero-order chi connectivity index (χ0) is 19.6. The van der Waals surface area contributed by atoms with E-state index >= 15 is 0 Å². The molecule has 3 heteroatoms. The van der Waals surface area contributed by atoms with Crippen LogP contribution in [0.5, 0.6) is 0 Å². The van der Waals surface area contributed by atoms with E-state index in [0.29, 0.717) is 0 Å². The second-order valence-corrected chi connectivity index (χ2v) is 7.75. The maximum absolute atomic E-state index is 6.35. The van der Waals surface area contributed by atoms with Crippen molar-refractivity contribution in [3.8, 4) is 0 Å². The third-order valence-electron chi connectivity index (χ3n) is 5.64. The van der Waals surface area contributed by atoms with Crippen LogP contribution >= 0.6 is 0 Å². The number of nitrogens with two attached hydrogens (primary N) is 1. The summed E-state index contributed by atoms with van der Waals surface area (Å²) in [5, 5.41) is 2.54. The Morgan fingerprint density at radius 2 is 1.67 bits per heavy atom. The fraction of sp³-hybridized carbons (Fsp3) is 0.458. The predicted octanol–water partition coefficient (Wildman–Crippen LogP) is 5.48. The van der Waals surface area contributed by atoms with Gasteiger partial charge in [0.25, 0.3) is 0 Å². The molecule has 27 heavy (non-hydrogen) atoms. The molecule has 0 aliphatic heterocycles. The van der Waals surface area contributed by atoms with Crippen molar-refractivity contribution in [3.63, 3.8) is 0 Å². The van der Waals surface area contributed by atoms with Crippen molar-refractivity contribution < 1.29 is 0 Å². The Morgan fingerprint density at radius 3 is 2.30 bits per heavy atom. The molecular formula is C24H33N3. The van der Waals surface area contributed by atoms with Crippen LogP contribution in [0, 0.1) is 12.8 Å². The highest BCUT2D eigenvalue weighted by Crippen LogP contribution is 2.39. The van der Waals surface area contributed by atoms with Crippen molar-refractivity contribution in [1.82, 2.24) is 4.98 Å². The van der Waals surface area contributed by atoms with Crippen LogP contribution in [0.4, 0.5) is 5.69 Å².